The van der Waals surface area contributed by atoms with Gasteiger partial charge in [-0.1, -0.05) is 18.2 Å². The van der Waals surface area contributed by atoms with Gasteiger partial charge in [-0.15, -0.1) is 0 Å². The van der Waals surface area contributed by atoms with E-state index in [4.69, 9.17) is 4.74 Å². The van der Waals surface area contributed by atoms with Gasteiger partial charge in [0.15, 0.2) is 0 Å². The molecule has 1 unspecified atom stereocenters. The van der Waals surface area contributed by atoms with Crippen LogP contribution in [0.1, 0.15) is 23.2 Å². The molecule has 1 aromatic carbocycles. The molecule has 0 aliphatic rings. The monoisotopic (exact) mass is 333 g/mol. The molecule has 1 aromatic heterocycles. The molecule has 1 heterocycles. The molecule has 0 radical (unpaired) electrons. The molecule has 0 aliphatic heterocycles. The minimum Gasteiger partial charge on any atom is -0.478 e. The fourth-order valence-corrected chi connectivity index (χ4v) is 3.10. The Hall–Kier alpha value is -1.72. The van der Waals surface area contributed by atoms with Crippen LogP contribution in [0.3, 0.4) is 0 Å². The fraction of sp³-hybridized carbons (Fsp3) is 0.389. The molecule has 23 heavy (non-hydrogen) atoms. The first-order valence-electron chi connectivity index (χ1n) is 7.62. The summed E-state index contributed by atoms with van der Waals surface area (Å²) in [5.41, 5.74) is 4.99. The summed E-state index contributed by atoms with van der Waals surface area (Å²) in [6.45, 7) is 4.54. The van der Waals surface area contributed by atoms with Crippen LogP contribution in [0, 0.1) is 13.8 Å². The Morgan fingerprint density at radius 3 is 2.70 bits per heavy atom. The molecular weight excluding hydrogens is 310 g/mol. The smallest absolute Gasteiger partial charge is 0.213 e. The lowest BCUT2D eigenvalue weighted by molar-refractivity contribution is 0.282. The lowest BCUT2D eigenvalue weighted by Crippen LogP contribution is -2.05. The van der Waals surface area contributed by atoms with E-state index in [2.05, 4.69) is 4.98 Å². The van der Waals surface area contributed by atoms with Crippen molar-refractivity contribution in [3.63, 3.8) is 0 Å². The highest BCUT2D eigenvalue weighted by Gasteiger charge is 2.10. The van der Waals surface area contributed by atoms with Crippen LogP contribution in [0.15, 0.2) is 30.3 Å². The lowest BCUT2D eigenvalue weighted by atomic mass is 9.98. The molecule has 0 spiro atoms. The average molecular weight is 333 g/mol. The first-order valence-corrected chi connectivity index (χ1v) is 9.35. The summed E-state index contributed by atoms with van der Waals surface area (Å²) in [7, 11) is -0.785. The highest BCUT2D eigenvalue weighted by atomic mass is 32.2. The predicted octanol–water partition coefficient (Wildman–Crippen LogP) is 3.01. The minimum absolute atomic E-state index is 0.0271. The molecule has 0 amide bonds. The van der Waals surface area contributed by atoms with Crippen molar-refractivity contribution in [1.82, 2.24) is 4.98 Å². The van der Waals surface area contributed by atoms with E-state index in [9.17, 15) is 9.32 Å². The van der Waals surface area contributed by atoms with Crippen LogP contribution in [-0.4, -0.2) is 32.9 Å². The predicted molar refractivity (Wildman–Crippen MR) is 94.1 cm³/mol. The van der Waals surface area contributed by atoms with Gasteiger partial charge in [0.25, 0.3) is 0 Å². The van der Waals surface area contributed by atoms with Crippen LogP contribution >= 0.6 is 0 Å². The number of aromatic nitrogens is 1. The largest absolute Gasteiger partial charge is 0.478 e. The van der Waals surface area contributed by atoms with Crippen molar-refractivity contribution in [1.29, 1.82) is 0 Å². The maximum Gasteiger partial charge on any atom is 0.213 e. The average Bonchev–Trinajstić information content (AvgIpc) is 2.51. The van der Waals surface area contributed by atoms with Gasteiger partial charge < -0.3 is 9.84 Å². The SMILES string of the molecule is Cc1cc(OCCCS(C)=O)nc(C)c1-c1cccc(CO)c1. The Kier molecular flexibility index (Phi) is 6.30. The van der Waals surface area contributed by atoms with Gasteiger partial charge in [-0.3, -0.25) is 4.21 Å². The van der Waals surface area contributed by atoms with Gasteiger partial charge >= 0.3 is 0 Å². The van der Waals surface area contributed by atoms with Crippen molar-refractivity contribution in [3.05, 3.63) is 47.2 Å². The number of ether oxygens (including phenoxy) is 1. The summed E-state index contributed by atoms with van der Waals surface area (Å²) in [6.07, 6.45) is 2.45. The Labute approximate surface area is 140 Å². The van der Waals surface area contributed by atoms with Crippen molar-refractivity contribution in [2.24, 2.45) is 0 Å². The van der Waals surface area contributed by atoms with E-state index in [-0.39, 0.29) is 6.61 Å². The second kappa shape index (κ2) is 8.22. The number of aliphatic hydroxyl groups excluding tert-OH is 1. The molecule has 2 aromatic rings. The summed E-state index contributed by atoms with van der Waals surface area (Å²) < 4.78 is 16.7. The van der Waals surface area contributed by atoms with Gasteiger partial charge in [0.2, 0.25) is 5.88 Å². The summed E-state index contributed by atoms with van der Waals surface area (Å²) in [6, 6.07) is 9.77. The third-order valence-electron chi connectivity index (χ3n) is 3.60. The van der Waals surface area contributed by atoms with Gasteiger partial charge in [-0.25, -0.2) is 4.98 Å². The Morgan fingerprint density at radius 2 is 2.04 bits per heavy atom. The van der Waals surface area contributed by atoms with Gasteiger partial charge in [0.1, 0.15) is 0 Å². The third-order valence-corrected chi connectivity index (χ3v) is 4.46. The van der Waals surface area contributed by atoms with Crippen LogP contribution in [0.5, 0.6) is 5.88 Å². The van der Waals surface area contributed by atoms with Crippen molar-refractivity contribution >= 4 is 10.8 Å². The summed E-state index contributed by atoms with van der Waals surface area (Å²) in [5, 5.41) is 9.29. The number of hydrogen-bond acceptors (Lipinski definition) is 4. The molecule has 0 saturated heterocycles. The zero-order valence-electron chi connectivity index (χ0n) is 13.8. The zero-order chi connectivity index (χ0) is 16.8. The van der Waals surface area contributed by atoms with E-state index in [1.807, 2.05) is 44.2 Å². The van der Waals surface area contributed by atoms with Crippen LogP contribution in [-0.2, 0) is 17.4 Å². The summed E-state index contributed by atoms with van der Waals surface area (Å²) in [4.78, 5) is 4.52. The summed E-state index contributed by atoms with van der Waals surface area (Å²) in [5.74, 6) is 1.24. The topological polar surface area (TPSA) is 59.4 Å². The number of rotatable bonds is 7. The number of pyridine rings is 1. The molecule has 1 N–H and O–H groups in total. The second-order valence-electron chi connectivity index (χ2n) is 5.58. The van der Waals surface area contributed by atoms with Crippen molar-refractivity contribution < 1.29 is 14.1 Å². The molecule has 124 valence electrons. The third kappa shape index (κ3) is 4.88. The van der Waals surface area contributed by atoms with E-state index in [0.29, 0.717) is 18.2 Å². The fourth-order valence-electron chi connectivity index (χ4n) is 2.57. The molecule has 0 saturated carbocycles. The van der Waals surface area contributed by atoms with Crippen molar-refractivity contribution in [2.45, 2.75) is 26.9 Å². The highest BCUT2D eigenvalue weighted by molar-refractivity contribution is 7.84. The highest BCUT2D eigenvalue weighted by Crippen LogP contribution is 2.29. The zero-order valence-corrected chi connectivity index (χ0v) is 14.7. The van der Waals surface area contributed by atoms with Crippen LogP contribution in [0.25, 0.3) is 11.1 Å². The normalized spacial score (nSPS) is 12.2. The Balaban J connectivity index is 2.18. The Bertz CT molecular complexity index is 677. The van der Waals surface area contributed by atoms with Crippen LogP contribution < -0.4 is 4.74 Å². The van der Waals surface area contributed by atoms with E-state index in [1.54, 1.807) is 6.26 Å². The number of aliphatic hydroxyl groups is 1. The summed E-state index contributed by atoms with van der Waals surface area (Å²) >= 11 is 0. The number of aryl methyl sites for hydroxylation is 2. The quantitative estimate of drug-likeness (QED) is 0.791. The molecule has 2 rings (SSSR count). The molecule has 0 fully saturated rings. The van der Waals surface area contributed by atoms with Crippen molar-refractivity contribution in [3.8, 4) is 17.0 Å². The standard InChI is InChI=1S/C18H23NO3S/c1-13-10-17(22-8-5-9-23(3)21)19-14(2)18(13)16-7-4-6-15(11-16)12-20/h4,6-7,10-11,20H,5,8-9,12H2,1-3H3. The van der Waals surface area contributed by atoms with Crippen molar-refractivity contribution in [2.75, 3.05) is 18.6 Å². The molecule has 4 nitrogen and oxygen atoms in total. The number of hydrogen-bond donors (Lipinski definition) is 1. The van der Waals surface area contributed by atoms with Crippen LogP contribution in [0.2, 0.25) is 0 Å². The van der Waals surface area contributed by atoms with Gasteiger partial charge in [-0.05, 0) is 43.0 Å². The van der Waals surface area contributed by atoms with Gasteiger partial charge in [0, 0.05) is 40.1 Å². The van der Waals surface area contributed by atoms with Crippen LogP contribution in [0.4, 0.5) is 0 Å². The van der Waals surface area contributed by atoms with E-state index in [0.717, 1.165) is 34.4 Å². The molecular formula is C18H23NO3S. The number of benzene rings is 1. The van der Waals surface area contributed by atoms with Gasteiger partial charge in [0.05, 0.1) is 13.2 Å². The first-order chi connectivity index (χ1) is 11.0. The molecule has 0 bridgehead atoms. The van der Waals surface area contributed by atoms with Gasteiger partial charge in [-0.2, -0.15) is 0 Å². The Morgan fingerprint density at radius 1 is 1.26 bits per heavy atom. The minimum atomic E-state index is -0.785. The van der Waals surface area contributed by atoms with E-state index >= 15 is 0 Å². The maximum atomic E-state index is 11.0. The second-order valence-corrected chi connectivity index (χ2v) is 7.13. The number of nitrogens with zero attached hydrogens (tertiary/aromatic N) is 1. The molecule has 0 aliphatic carbocycles. The van der Waals surface area contributed by atoms with E-state index < -0.39 is 10.8 Å². The molecule has 1 atom stereocenters. The lowest BCUT2D eigenvalue weighted by Gasteiger charge is -2.13. The van der Waals surface area contributed by atoms with E-state index in [1.165, 1.54) is 0 Å². The maximum absolute atomic E-state index is 11.0. The molecule has 5 heteroatoms. The first kappa shape index (κ1) is 17.6.